The summed E-state index contributed by atoms with van der Waals surface area (Å²) in [6.07, 6.45) is 5.50. The van der Waals surface area contributed by atoms with E-state index in [2.05, 4.69) is 15.6 Å². The third-order valence-corrected chi connectivity index (χ3v) is 3.81. The maximum atomic E-state index is 12.2. The molecule has 0 saturated heterocycles. The van der Waals surface area contributed by atoms with E-state index in [9.17, 15) is 9.59 Å². The highest BCUT2D eigenvalue weighted by Gasteiger charge is 2.56. The Labute approximate surface area is 119 Å². The first-order valence-corrected chi connectivity index (χ1v) is 7.06. The summed E-state index contributed by atoms with van der Waals surface area (Å²) in [5.41, 5.74) is 0.141. The third kappa shape index (κ3) is 3.15. The van der Waals surface area contributed by atoms with Gasteiger partial charge in [-0.1, -0.05) is 6.92 Å². The van der Waals surface area contributed by atoms with Gasteiger partial charge in [-0.05, 0) is 43.9 Å². The largest absolute Gasteiger partial charge is 0.353 e. The average Bonchev–Trinajstić information content (AvgIpc) is 3.27. The molecule has 20 heavy (non-hydrogen) atoms. The second kappa shape index (κ2) is 6.03. The lowest BCUT2D eigenvalue weighted by Crippen LogP contribution is -2.45. The summed E-state index contributed by atoms with van der Waals surface area (Å²) in [5.74, 6) is -0.311. The number of hydrogen-bond donors (Lipinski definition) is 2. The van der Waals surface area contributed by atoms with Gasteiger partial charge in [-0.2, -0.15) is 0 Å². The van der Waals surface area contributed by atoms with E-state index in [1.807, 2.05) is 26.0 Å². The highest BCUT2D eigenvalue weighted by atomic mass is 16.2. The lowest BCUT2D eigenvalue weighted by Gasteiger charge is -2.18. The van der Waals surface area contributed by atoms with Gasteiger partial charge in [-0.3, -0.25) is 14.6 Å². The van der Waals surface area contributed by atoms with Crippen LogP contribution in [0.5, 0.6) is 0 Å². The van der Waals surface area contributed by atoms with Crippen LogP contribution in [-0.4, -0.2) is 22.8 Å². The summed E-state index contributed by atoms with van der Waals surface area (Å²) in [4.78, 5) is 28.3. The first-order chi connectivity index (χ1) is 9.58. The molecule has 1 aromatic rings. The van der Waals surface area contributed by atoms with Gasteiger partial charge >= 0.3 is 0 Å². The number of amides is 2. The van der Waals surface area contributed by atoms with Crippen LogP contribution in [0.25, 0.3) is 0 Å². The summed E-state index contributed by atoms with van der Waals surface area (Å²) in [7, 11) is 0. The van der Waals surface area contributed by atoms with E-state index < -0.39 is 5.41 Å². The third-order valence-electron chi connectivity index (χ3n) is 3.81. The predicted octanol–water partition coefficient (Wildman–Crippen LogP) is 1.39. The summed E-state index contributed by atoms with van der Waals surface area (Å²) in [6, 6.07) is 3.80. The Morgan fingerprint density at radius 2 is 1.95 bits per heavy atom. The van der Waals surface area contributed by atoms with Gasteiger partial charge in [0.2, 0.25) is 11.8 Å². The average molecular weight is 275 g/mol. The Morgan fingerprint density at radius 3 is 2.50 bits per heavy atom. The molecule has 2 N–H and O–H groups in total. The predicted molar refractivity (Wildman–Crippen MR) is 75.6 cm³/mol. The molecule has 0 aromatic carbocycles. The molecular weight excluding hydrogens is 254 g/mol. The smallest absolute Gasteiger partial charge is 0.235 e. The summed E-state index contributed by atoms with van der Waals surface area (Å²) < 4.78 is 0. The van der Waals surface area contributed by atoms with Crippen molar-refractivity contribution in [3.63, 3.8) is 0 Å². The lowest BCUT2D eigenvalue weighted by atomic mass is 10.0. The quantitative estimate of drug-likeness (QED) is 0.771. The second-order valence-corrected chi connectivity index (χ2v) is 5.40. The molecule has 5 heteroatoms. The number of pyridine rings is 1. The number of nitrogens with one attached hydrogen (secondary N) is 2. The van der Waals surface area contributed by atoms with Gasteiger partial charge in [-0.25, -0.2) is 0 Å². The lowest BCUT2D eigenvalue weighted by molar-refractivity contribution is -0.137. The molecule has 5 nitrogen and oxygen atoms in total. The van der Waals surface area contributed by atoms with Crippen molar-refractivity contribution < 1.29 is 9.59 Å². The molecule has 1 aliphatic rings. The van der Waals surface area contributed by atoms with Crippen molar-refractivity contribution in [2.24, 2.45) is 5.41 Å². The van der Waals surface area contributed by atoms with Gasteiger partial charge in [0.05, 0.1) is 0 Å². The van der Waals surface area contributed by atoms with Crippen LogP contribution in [0, 0.1) is 5.41 Å². The minimum absolute atomic E-state index is 0.105. The van der Waals surface area contributed by atoms with E-state index in [0.717, 1.165) is 12.0 Å². The van der Waals surface area contributed by atoms with E-state index in [0.29, 0.717) is 19.4 Å². The van der Waals surface area contributed by atoms with Crippen LogP contribution >= 0.6 is 0 Å². The fraction of sp³-hybridized carbons (Fsp3) is 0.533. The van der Waals surface area contributed by atoms with Gasteiger partial charge in [-0.15, -0.1) is 0 Å². The first-order valence-electron chi connectivity index (χ1n) is 7.06. The molecule has 1 aromatic heterocycles. The Hall–Kier alpha value is -1.91. The second-order valence-electron chi connectivity index (χ2n) is 5.40. The summed E-state index contributed by atoms with van der Waals surface area (Å²) in [6.45, 7) is 4.39. The van der Waals surface area contributed by atoms with Crippen molar-refractivity contribution in [1.29, 1.82) is 0 Å². The molecule has 2 rings (SSSR count). The maximum Gasteiger partial charge on any atom is 0.235 e. The molecule has 0 spiro atoms. The number of carbonyl (C=O) groups is 2. The van der Waals surface area contributed by atoms with Crippen molar-refractivity contribution in [3.8, 4) is 0 Å². The fourth-order valence-electron chi connectivity index (χ4n) is 2.00. The molecular formula is C15H21N3O2. The number of carbonyl (C=O) groups excluding carboxylic acids is 2. The zero-order valence-electron chi connectivity index (χ0n) is 12.0. The standard InChI is InChI=1S/C15H21N3O2/c1-3-11(2)18-14(20)15(6-7-15)13(19)17-10-12-4-8-16-9-5-12/h4-5,8-9,11H,3,6-7,10H2,1-2H3,(H,17,19)(H,18,20). The van der Waals surface area contributed by atoms with Crippen molar-refractivity contribution >= 4 is 11.8 Å². The maximum absolute atomic E-state index is 12.2. The SMILES string of the molecule is CCC(C)NC(=O)C1(C(=O)NCc2ccncc2)CC1. The zero-order valence-corrected chi connectivity index (χ0v) is 12.0. The number of aromatic nitrogens is 1. The van der Waals surface area contributed by atoms with E-state index >= 15 is 0 Å². The topological polar surface area (TPSA) is 71.1 Å². The highest BCUT2D eigenvalue weighted by Crippen LogP contribution is 2.46. The first kappa shape index (κ1) is 14.5. The molecule has 1 unspecified atom stereocenters. The molecule has 1 aliphatic carbocycles. The molecule has 0 aliphatic heterocycles. The Bertz CT molecular complexity index is 483. The van der Waals surface area contributed by atoms with Crippen LogP contribution in [0.1, 0.15) is 38.7 Å². The van der Waals surface area contributed by atoms with Gasteiger partial charge in [0, 0.05) is 25.0 Å². The van der Waals surface area contributed by atoms with Gasteiger partial charge in [0.25, 0.3) is 0 Å². The van der Waals surface area contributed by atoms with Crippen molar-refractivity contribution in [3.05, 3.63) is 30.1 Å². The summed E-state index contributed by atoms with van der Waals surface area (Å²) in [5, 5.41) is 5.75. The highest BCUT2D eigenvalue weighted by molar-refractivity contribution is 6.07. The van der Waals surface area contributed by atoms with E-state index in [-0.39, 0.29) is 17.9 Å². The van der Waals surface area contributed by atoms with Gasteiger partial charge in [0.15, 0.2) is 0 Å². The monoisotopic (exact) mass is 275 g/mol. The van der Waals surface area contributed by atoms with Crippen LogP contribution in [-0.2, 0) is 16.1 Å². The molecule has 1 atom stereocenters. The molecule has 2 amide bonds. The summed E-state index contributed by atoms with van der Waals surface area (Å²) >= 11 is 0. The van der Waals surface area contributed by atoms with Crippen molar-refractivity contribution in [2.45, 2.75) is 45.7 Å². The number of rotatable bonds is 6. The van der Waals surface area contributed by atoms with Crippen molar-refractivity contribution in [1.82, 2.24) is 15.6 Å². The molecule has 0 bridgehead atoms. The van der Waals surface area contributed by atoms with E-state index in [4.69, 9.17) is 0 Å². The molecule has 1 fully saturated rings. The molecule has 108 valence electrons. The van der Waals surface area contributed by atoms with Gasteiger partial charge in [0.1, 0.15) is 5.41 Å². The minimum atomic E-state index is -0.837. The van der Waals surface area contributed by atoms with Crippen LogP contribution < -0.4 is 10.6 Å². The fourth-order valence-corrected chi connectivity index (χ4v) is 2.00. The van der Waals surface area contributed by atoms with Gasteiger partial charge < -0.3 is 10.6 Å². The van der Waals surface area contributed by atoms with Crippen LogP contribution in [0.4, 0.5) is 0 Å². The molecule has 1 saturated carbocycles. The normalized spacial score (nSPS) is 17.1. The molecule has 1 heterocycles. The Morgan fingerprint density at radius 1 is 1.30 bits per heavy atom. The van der Waals surface area contributed by atoms with E-state index in [1.165, 1.54) is 0 Å². The van der Waals surface area contributed by atoms with Crippen LogP contribution in [0.15, 0.2) is 24.5 Å². The van der Waals surface area contributed by atoms with Crippen LogP contribution in [0.3, 0.4) is 0 Å². The number of hydrogen-bond acceptors (Lipinski definition) is 3. The number of nitrogens with zero attached hydrogens (tertiary/aromatic N) is 1. The Balaban J connectivity index is 1.90. The van der Waals surface area contributed by atoms with Crippen molar-refractivity contribution in [2.75, 3.05) is 0 Å². The minimum Gasteiger partial charge on any atom is -0.353 e. The Kier molecular flexibility index (Phi) is 4.37. The molecule has 0 radical (unpaired) electrons. The van der Waals surface area contributed by atoms with E-state index in [1.54, 1.807) is 12.4 Å². The zero-order chi connectivity index (χ0) is 14.6. The van der Waals surface area contributed by atoms with Crippen LogP contribution in [0.2, 0.25) is 0 Å².